The van der Waals surface area contributed by atoms with Crippen molar-refractivity contribution in [3.8, 4) is 0 Å². The maximum Gasteiger partial charge on any atom is 0.155 e. The summed E-state index contributed by atoms with van der Waals surface area (Å²) in [6, 6.07) is 0. The molecule has 0 radical (unpaired) electrons. The number of hydrogen-bond acceptors (Lipinski definition) is 3. The fraction of sp³-hybridized carbons (Fsp3) is 0.857. The van der Waals surface area contributed by atoms with Crippen molar-refractivity contribution in [1.82, 2.24) is 0 Å². The van der Waals surface area contributed by atoms with Crippen molar-refractivity contribution in [3.63, 3.8) is 0 Å². The highest BCUT2D eigenvalue weighted by atomic mass is 16.3. The van der Waals surface area contributed by atoms with Crippen LogP contribution in [0.1, 0.15) is 72.1 Å². The molecule has 3 fully saturated rings. The van der Waals surface area contributed by atoms with E-state index in [4.69, 9.17) is 0 Å². The van der Waals surface area contributed by atoms with Gasteiger partial charge in [-0.05, 0) is 81.1 Å². The Morgan fingerprint density at radius 1 is 1.08 bits per heavy atom. The maximum atomic E-state index is 11.9. The van der Waals surface area contributed by atoms with Crippen LogP contribution in [0.2, 0.25) is 0 Å². The van der Waals surface area contributed by atoms with Crippen LogP contribution in [0.25, 0.3) is 0 Å². The van der Waals surface area contributed by atoms with Gasteiger partial charge in [-0.1, -0.05) is 19.4 Å². The monoisotopic (exact) mass is 332 g/mol. The first-order chi connectivity index (χ1) is 11.2. The smallest absolute Gasteiger partial charge is 0.155 e. The maximum absolute atomic E-state index is 11.9. The molecule has 4 aliphatic carbocycles. The summed E-state index contributed by atoms with van der Waals surface area (Å²) < 4.78 is 0. The SMILES string of the molecule is C[C@@H](O)C1(O)CCC2C3CCC4=CC(=O)CC[C@]4(C)C3CC[C@@]21C. The summed E-state index contributed by atoms with van der Waals surface area (Å²) in [5.74, 6) is 2.09. The van der Waals surface area contributed by atoms with Gasteiger partial charge in [-0.2, -0.15) is 0 Å². The average molecular weight is 332 g/mol. The minimum absolute atomic E-state index is 0.162. The van der Waals surface area contributed by atoms with Crippen molar-refractivity contribution < 1.29 is 15.0 Å². The summed E-state index contributed by atoms with van der Waals surface area (Å²) in [5.41, 5.74) is 0.489. The van der Waals surface area contributed by atoms with E-state index in [1.54, 1.807) is 6.92 Å². The lowest BCUT2D eigenvalue weighted by atomic mass is 9.46. The summed E-state index contributed by atoms with van der Waals surface area (Å²) in [4.78, 5) is 11.9. The van der Waals surface area contributed by atoms with E-state index in [0.29, 0.717) is 30.0 Å². The van der Waals surface area contributed by atoms with Crippen LogP contribution in [-0.2, 0) is 4.79 Å². The molecule has 0 aromatic carbocycles. The van der Waals surface area contributed by atoms with Gasteiger partial charge in [0.1, 0.15) is 0 Å². The molecule has 134 valence electrons. The molecule has 4 unspecified atom stereocenters. The highest BCUT2D eigenvalue weighted by Crippen LogP contribution is 2.67. The Bertz CT molecular complexity index is 594. The molecule has 0 aromatic rings. The molecule has 4 rings (SSSR count). The summed E-state index contributed by atoms with van der Waals surface area (Å²) in [6.07, 6.45) is 9.07. The van der Waals surface area contributed by atoms with Crippen LogP contribution in [0, 0.1) is 28.6 Å². The predicted octanol–water partition coefficient (Wildman–Crippen LogP) is 3.63. The van der Waals surface area contributed by atoms with Crippen molar-refractivity contribution in [2.45, 2.75) is 83.8 Å². The molecule has 24 heavy (non-hydrogen) atoms. The topological polar surface area (TPSA) is 57.5 Å². The molecule has 0 aliphatic heterocycles. The van der Waals surface area contributed by atoms with E-state index in [0.717, 1.165) is 44.9 Å². The molecule has 0 aromatic heterocycles. The van der Waals surface area contributed by atoms with Gasteiger partial charge in [0.15, 0.2) is 5.78 Å². The van der Waals surface area contributed by atoms with Gasteiger partial charge < -0.3 is 10.2 Å². The molecule has 7 atom stereocenters. The number of aliphatic hydroxyl groups excluding tert-OH is 1. The van der Waals surface area contributed by atoms with Crippen LogP contribution >= 0.6 is 0 Å². The molecule has 3 heteroatoms. The van der Waals surface area contributed by atoms with Crippen LogP contribution in [0.3, 0.4) is 0 Å². The molecule has 0 spiro atoms. The van der Waals surface area contributed by atoms with Gasteiger partial charge in [0.25, 0.3) is 0 Å². The first-order valence-electron chi connectivity index (χ1n) is 9.87. The third-order valence-electron chi connectivity index (χ3n) is 8.87. The Hall–Kier alpha value is -0.670. The zero-order chi connectivity index (χ0) is 17.3. The van der Waals surface area contributed by atoms with E-state index < -0.39 is 11.7 Å². The molecule has 2 N–H and O–H groups in total. The quantitative estimate of drug-likeness (QED) is 0.771. The molecule has 0 saturated heterocycles. The van der Waals surface area contributed by atoms with Crippen molar-refractivity contribution in [3.05, 3.63) is 11.6 Å². The average Bonchev–Trinajstić information content (AvgIpc) is 2.81. The Balaban J connectivity index is 1.69. The van der Waals surface area contributed by atoms with Gasteiger partial charge in [-0.15, -0.1) is 0 Å². The zero-order valence-corrected chi connectivity index (χ0v) is 15.3. The molecule has 3 saturated carbocycles. The van der Waals surface area contributed by atoms with Crippen LogP contribution in [0.4, 0.5) is 0 Å². The van der Waals surface area contributed by atoms with E-state index in [9.17, 15) is 15.0 Å². The van der Waals surface area contributed by atoms with Gasteiger partial charge in [-0.25, -0.2) is 0 Å². The minimum Gasteiger partial charge on any atom is -0.390 e. The molecular weight excluding hydrogens is 300 g/mol. The van der Waals surface area contributed by atoms with Crippen LogP contribution in [-0.4, -0.2) is 27.7 Å². The normalized spacial score (nSPS) is 52.1. The number of carbonyl (C=O) groups is 1. The second-order valence-electron chi connectivity index (χ2n) is 9.56. The Labute approximate surface area is 145 Å². The van der Waals surface area contributed by atoms with Gasteiger partial charge >= 0.3 is 0 Å². The van der Waals surface area contributed by atoms with Gasteiger partial charge in [-0.3, -0.25) is 4.79 Å². The minimum atomic E-state index is -0.928. The summed E-state index contributed by atoms with van der Waals surface area (Å²) in [5, 5.41) is 21.5. The van der Waals surface area contributed by atoms with Gasteiger partial charge in [0.2, 0.25) is 0 Å². The van der Waals surface area contributed by atoms with E-state index in [1.807, 2.05) is 6.08 Å². The number of allylic oxidation sites excluding steroid dienone is 1. The van der Waals surface area contributed by atoms with E-state index in [2.05, 4.69) is 13.8 Å². The highest BCUT2D eigenvalue weighted by Gasteiger charge is 2.65. The summed E-state index contributed by atoms with van der Waals surface area (Å²) in [7, 11) is 0. The second-order valence-corrected chi connectivity index (χ2v) is 9.56. The first kappa shape index (κ1) is 16.8. The lowest BCUT2D eigenvalue weighted by Crippen LogP contribution is -2.58. The van der Waals surface area contributed by atoms with Crippen LogP contribution < -0.4 is 0 Å². The zero-order valence-electron chi connectivity index (χ0n) is 15.3. The first-order valence-corrected chi connectivity index (χ1v) is 9.87. The molecule has 0 amide bonds. The largest absolute Gasteiger partial charge is 0.390 e. The molecule has 0 heterocycles. The number of hydrogen-bond donors (Lipinski definition) is 2. The Morgan fingerprint density at radius 3 is 2.50 bits per heavy atom. The van der Waals surface area contributed by atoms with E-state index in [-0.39, 0.29) is 10.8 Å². The van der Waals surface area contributed by atoms with Crippen molar-refractivity contribution in [2.75, 3.05) is 0 Å². The summed E-state index contributed by atoms with van der Waals surface area (Å²) in [6.45, 7) is 6.38. The van der Waals surface area contributed by atoms with E-state index in [1.165, 1.54) is 5.57 Å². The number of aliphatic hydroxyl groups is 2. The van der Waals surface area contributed by atoms with E-state index >= 15 is 0 Å². The van der Waals surface area contributed by atoms with Crippen molar-refractivity contribution in [1.29, 1.82) is 0 Å². The van der Waals surface area contributed by atoms with Gasteiger partial charge in [0, 0.05) is 11.8 Å². The fourth-order valence-corrected chi connectivity index (χ4v) is 7.30. The molecular formula is C21H32O3. The molecule has 4 aliphatic rings. The number of ketones is 1. The lowest BCUT2D eigenvalue weighted by Gasteiger charge is -2.59. The number of rotatable bonds is 1. The standard InChI is InChI=1S/C21H32O3/c1-13(22)21(24)11-8-18-16-5-4-14-12-15(23)6-9-19(14,2)17(16)7-10-20(18,21)3/h12-13,16-18,22,24H,4-11H2,1-3H3/t13-,16?,17?,18?,19+,20+,21?/m1/s1. The van der Waals surface area contributed by atoms with Gasteiger partial charge in [0.05, 0.1) is 11.7 Å². The Kier molecular flexibility index (Phi) is 3.61. The number of fused-ring (bicyclic) bond motifs is 5. The van der Waals surface area contributed by atoms with Crippen LogP contribution in [0.15, 0.2) is 11.6 Å². The van der Waals surface area contributed by atoms with Crippen molar-refractivity contribution >= 4 is 5.78 Å². The fourth-order valence-electron chi connectivity index (χ4n) is 7.30. The highest BCUT2D eigenvalue weighted by molar-refractivity contribution is 5.91. The second kappa shape index (κ2) is 5.17. The number of carbonyl (C=O) groups excluding carboxylic acids is 1. The lowest BCUT2D eigenvalue weighted by molar-refractivity contribution is -0.171. The predicted molar refractivity (Wildman–Crippen MR) is 93.3 cm³/mol. The third-order valence-corrected chi connectivity index (χ3v) is 8.87. The Morgan fingerprint density at radius 2 is 1.79 bits per heavy atom. The molecule has 0 bridgehead atoms. The summed E-state index contributed by atoms with van der Waals surface area (Å²) >= 11 is 0. The van der Waals surface area contributed by atoms with Crippen LogP contribution in [0.5, 0.6) is 0 Å². The molecule has 3 nitrogen and oxygen atoms in total. The van der Waals surface area contributed by atoms with Crippen molar-refractivity contribution in [2.24, 2.45) is 28.6 Å². The third kappa shape index (κ3) is 1.94.